The summed E-state index contributed by atoms with van der Waals surface area (Å²) in [4.78, 5) is 49.8. The summed E-state index contributed by atoms with van der Waals surface area (Å²) in [5, 5.41) is 2.19. The maximum absolute atomic E-state index is 12.7. The van der Waals surface area contributed by atoms with Crippen molar-refractivity contribution in [2.45, 2.75) is 36.1 Å². The number of carbonyl (C=O) groups excluding carboxylic acids is 4. The van der Waals surface area contributed by atoms with E-state index in [1.807, 2.05) is 6.07 Å². The van der Waals surface area contributed by atoms with E-state index in [-0.39, 0.29) is 13.2 Å². The molecule has 156 valence electrons. The number of amides is 2. The first kappa shape index (κ1) is 21.0. The van der Waals surface area contributed by atoms with Crippen LogP contribution in [-0.2, 0) is 28.7 Å². The largest absolute Gasteiger partial charge is 0.484 e. The molecule has 10 heteroatoms. The average molecular weight is 422 g/mol. The highest BCUT2D eigenvalue weighted by Crippen LogP contribution is 2.51. The Morgan fingerprint density at radius 1 is 1.24 bits per heavy atom. The van der Waals surface area contributed by atoms with Gasteiger partial charge in [0.2, 0.25) is 5.91 Å². The quantitative estimate of drug-likeness (QED) is 0.494. The number of methoxy groups -OCH3 is 1. The molecule has 0 spiro atoms. The molecule has 1 aromatic carbocycles. The van der Waals surface area contributed by atoms with E-state index in [4.69, 9.17) is 14.2 Å². The van der Waals surface area contributed by atoms with Gasteiger partial charge in [-0.15, -0.1) is 11.8 Å². The lowest BCUT2D eigenvalue weighted by molar-refractivity contribution is -0.164. The topological polar surface area (TPSA) is 111 Å². The van der Waals surface area contributed by atoms with Gasteiger partial charge in [-0.3, -0.25) is 14.4 Å². The Morgan fingerprint density at radius 2 is 1.93 bits per heavy atom. The molecule has 0 saturated carbocycles. The Balaban J connectivity index is 1.65. The summed E-state index contributed by atoms with van der Waals surface area (Å²) in [6.07, 6.45) is 0. The summed E-state index contributed by atoms with van der Waals surface area (Å²) in [6, 6.07) is 7.13. The first-order valence-corrected chi connectivity index (χ1v) is 9.83. The van der Waals surface area contributed by atoms with Crippen LogP contribution in [0.1, 0.15) is 13.8 Å². The predicted molar refractivity (Wildman–Crippen MR) is 103 cm³/mol. The molecule has 2 unspecified atom stereocenters. The number of hydrogen-bond donors (Lipinski definition) is 1. The molecule has 1 N–H and O–H groups in total. The zero-order chi connectivity index (χ0) is 21.2. The molecular weight excluding hydrogens is 400 g/mol. The summed E-state index contributed by atoms with van der Waals surface area (Å²) in [6.45, 7) is 2.69. The fourth-order valence-electron chi connectivity index (χ4n) is 3.37. The van der Waals surface area contributed by atoms with Gasteiger partial charge in [-0.05, 0) is 19.1 Å². The van der Waals surface area contributed by atoms with Crippen LogP contribution in [0.4, 0.5) is 0 Å². The van der Waals surface area contributed by atoms with Crippen molar-refractivity contribution >= 4 is 35.5 Å². The third kappa shape index (κ3) is 4.16. The molecule has 29 heavy (non-hydrogen) atoms. The van der Waals surface area contributed by atoms with Gasteiger partial charge in [-0.1, -0.05) is 18.2 Å². The molecule has 2 fully saturated rings. The van der Waals surface area contributed by atoms with Gasteiger partial charge in [-0.25, -0.2) is 4.79 Å². The van der Waals surface area contributed by atoms with Crippen molar-refractivity contribution in [2.75, 3.05) is 20.3 Å². The van der Waals surface area contributed by atoms with Gasteiger partial charge in [-0.2, -0.15) is 0 Å². The van der Waals surface area contributed by atoms with Crippen molar-refractivity contribution < 1.29 is 33.4 Å². The molecule has 3 rings (SSSR count). The smallest absolute Gasteiger partial charge is 0.330 e. The van der Waals surface area contributed by atoms with E-state index < -0.39 is 46.0 Å². The number of benzene rings is 1. The predicted octanol–water partition coefficient (Wildman–Crippen LogP) is 0.329. The number of rotatable bonds is 7. The Hall–Kier alpha value is -2.75. The molecule has 2 aliphatic rings. The van der Waals surface area contributed by atoms with Crippen LogP contribution in [0.25, 0.3) is 0 Å². The molecular formula is C19H22N2O7S. The lowest BCUT2D eigenvalue weighted by atomic mass is 9.95. The first-order chi connectivity index (χ1) is 13.8. The van der Waals surface area contributed by atoms with Crippen LogP contribution >= 0.6 is 11.8 Å². The summed E-state index contributed by atoms with van der Waals surface area (Å²) >= 11 is 1.30. The summed E-state index contributed by atoms with van der Waals surface area (Å²) < 4.78 is 14.5. The molecule has 9 nitrogen and oxygen atoms in total. The lowest BCUT2D eigenvalue weighted by Gasteiger charge is -2.43. The summed E-state index contributed by atoms with van der Waals surface area (Å²) in [5.74, 6) is -1.38. The van der Waals surface area contributed by atoms with Crippen LogP contribution in [-0.4, -0.2) is 71.2 Å². The number of β-lactam (4-membered cyclic amide) rings is 1. The number of nitrogens with zero attached hydrogens (tertiary/aromatic N) is 1. The maximum atomic E-state index is 12.7. The third-order valence-corrected chi connectivity index (χ3v) is 6.36. The van der Waals surface area contributed by atoms with Crippen molar-refractivity contribution in [3.8, 4) is 5.75 Å². The molecule has 1 aromatic rings. The van der Waals surface area contributed by atoms with E-state index in [0.29, 0.717) is 5.75 Å². The van der Waals surface area contributed by atoms with Crippen molar-refractivity contribution in [1.29, 1.82) is 0 Å². The van der Waals surface area contributed by atoms with Crippen LogP contribution in [0.5, 0.6) is 5.75 Å². The minimum Gasteiger partial charge on any atom is -0.484 e. The fourth-order valence-corrected chi connectivity index (χ4v) is 5.04. The van der Waals surface area contributed by atoms with Gasteiger partial charge in [0.1, 0.15) is 29.8 Å². The lowest BCUT2D eigenvalue weighted by Crippen LogP contribution is -2.71. The first-order valence-electron chi connectivity index (χ1n) is 8.95. The van der Waals surface area contributed by atoms with Crippen molar-refractivity contribution in [3.05, 3.63) is 30.3 Å². The number of fused-ring (bicyclic) bond motifs is 1. The molecule has 2 saturated heterocycles. The van der Waals surface area contributed by atoms with Crippen molar-refractivity contribution in [1.82, 2.24) is 10.2 Å². The zero-order valence-corrected chi connectivity index (χ0v) is 17.1. The Morgan fingerprint density at radius 3 is 2.55 bits per heavy atom. The van der Waals surface area contributed by atoms with E-state index in [2.05, 4.69) is 5.32 Å². The SMILES string of the molecule is COC(=O)C1N2C(=O)C(NC(=O)COc3ccccc3)[C@H]2S[C@@]1(C)COC(C)=O. The minimum atomic E-state index is -0.914. The zero-order valence-electron chi connectivity index (χ0n) is 16.2. The third-order valence-electron chi connectivity index (χ3n) is 4.74. The number of ether oxygens (including phenoxy) is 3. The molecule has 0 aromatic heterocycles. The number of para-hydroxylation sites is 1. The second kappa shape index (κ2) is 8.32. The monoisotopic (exact) mass is 422 g/mol. The maximum Gasteiger partial charge on any atom is 0.330 e. The standard InChI is InChI=1S/C19H22N2O7S/c1-11(22)28-10-19(2)15(18(25)26-3)21-16(24)14(17(21)29-19)20-13(23)9-27-12-7-5-4-6-8-12/h4-8,14-15,17H,9-10H2,1-3H3,(H,20,23)/t14?,15?,17-,19+/m1/s1. The van der Waals surface area contributed by atoms with Crippen molar-refractivity contribution in [3.63, 3.8) is 0 Å². The number of carbonyl (C=O) groups is 4. The molecule has 4 atom stereocenters. The fraction of sp³-hybridized carbons (Fsp3) is 0.474. The number of hydrogen-bond acceptors (Lipinski definition) is 8. The number of thioether (sulfide) groups is 1. The Labute approximate surface area is 172 Å². The highest BCUT2D eigenvalue weighted by atomic mass is 32.2. The summed E-state index contributed by atoms with van der Waals surface area (Å²) in [5.41, 5.74) is 0. The molecule has 0 radical (unpaired) electrons. The van der Waals surface area contributed by atoms with E-state index in [9.17, 15) is 19.2 Å². The second-order valence-electron chi connectivity index (χ2n) is 6.92. The van der Waals surface area contributed by atoms with Crippen molar-refractivity contribution in [2.24, 2.45) is 0 Å². The van der Waals surface area contributed by atoms with Crippen LogP contribution in [0.3, 0.4) is 0 Å². The molecule has 0 bridgehead atoms. The van der Waals surface area contributed by atoms with Crippen LogP contribution in [0, 0.1) is 0 Å². The van der Waals surface area contributed by atoms with E-state index in [1.165, 1.54) is 30.7 Å². The van der Waals surface area contributed by atoms with Gasteiger partial charge in [0, 0.05) is 6.92 Å². The normalized spacial score (nSPS) is 27.5. The van der Waals surface area contributed by atoms with E-state index >= 15 is 0 Å². The Kier molecular flexibility index (Phi) is 6.02. The number of esters is 2. The van der Waals surface area contributed by atoms with Crippen LogP contribution in [0.2, 0.25) is 0 Å². The summed E-state index contributed by atoms with van der Waals surface area (Å²) in [7, 11) is 1.23. The van der Waals surface area contributed by atoms with Gasteiger partial charge >= 0.3 is 11.9 Å². The van der Waals surface area contributed by atoms with Crippen LogP contribution < -0.4 is 10.1 Å². The highest BCUT2D eigenvalue weighted by Gasteiger charge is 2.66. The van der Waals surface area contributed by atoms with E-state index in [1.54, 1.807) is 31.2 Å². The van der Waals surface area contributed by atoms with E-state index in [0.717, 1.165) is 0 Å². The Bertz CT molecular complexity index is 818. The second-order valence-corrected chi connectivity index (χ2v) is 8.57. The van der Waals surface area contributed by atoms with Crippen LogP contribution in [0.15, 0.2) is 30.3 Å². The highest BCUT2D eigenvalue weighted by molar-refractivity contribution is 8.01. The number of nitrogens with one attached hydrogen (secondary N) is 1. The molecule has 2 aliphatic heterocycles. The molecule has 2 heterocycles. The molecule has 2 amide bonds. The minimum absolute atomic E-state index is 0.0647. The molecule has 0 aliphatic carbocycles. The van der Waals surface area contributed by atoms with Gasteiger partial charge in [0.05, 0.1) is 11.9 Å². The van der Waals surface area contributed by atoms with Gasteiger partial charge < -0.3 is 24.4 Å². The average Bonchev–Trinajstić information content (AvgIpc) is 2.99. The van der Waals surface area contributed by atoms with Gasteiger partial charge in [0.25, 0.3) is 5.91 Å². The van der Waals surface area contributed by atoms with Gasteiger partial charge in [0.15, 0.2) is 6.61 Å².